The van der Waals surface area contributed by atoms with Gasteiger partial charge in [0.05, 0.1) is 17.1 Å². The summed E-state index contributed by atoms with van der Waals surface area (Å²) in [7, 11) is 0. The van der Waals surface area contributed by atoms with Crippen molar-refractivity contribution in [3.63, 3.8) is 0 Å². The van der Waals surface area contributed by atoms with Crippen molar-refractivity contribution in [2.75, 3.05) is 6.54 Å². The van der Waals surface area contributed by atoms with Crippen LogP contribution in [-0.2, 0) is 4.79 Å². The fraction of sp³-hybridized carbons (Fsp3) is 0.500. The highest BCUT2D eigenvalue weighted by atomic mass is 16.2. The molecule has 1 amide bonds. The molecular formula is C16H21N3O. The average molecular weight is 271 g/mol. The van der Waals surface area contributed by atoms with E-state index in [1.54, 1.807) is 6.92 Å². The van der Waals surface area contributed by atoms with Crippen molar-refractivity contribution in [3.8, 4) is 0 Å². The van der Waals surface area contributed by atoms with Gasteiger partial charge in [-0.05, 0) is 38.8 Å². The molecule has 0 aliphatic carbocycles. The van der Waals surface area contributed by atoms with Crippen LogP contribution in [0.25, 0.3) is 11.0 Å². The highest BCUT2D eigenvalue weighted by molar-refractivity contribution is 5.77. The van der Waals surface area contributed by atoms with E-state index in [2.05, 4.69) is 24.5 Å². The van der Waals surface area contributed by atoms with Crippen LogP contribution in [0.2, 0.25) is 0 Å². The standard InChI is InChI=1S/C16H21N3O/c1-11(2)19-14-8-5-4-7-13(14)17-16(19)15-9-6-10-18(15)12(3)20/h4-5,7-8,11,15H,6,9-10H2,1-3H3. The van der Waals surface area contributed by atoms with Crippen LogP contribution in [0, 0.1) is 0 Å². The maximum Gasteiger partial charge on any atom is 0.220 e. The third kappa shape index (κ3) is 1.99. The average Bonchev–Trinajstić information content (AvgIpc) is 3.02. The zero-order valence-electron chi connectivity index (χ0n) is 12.3. The van der Waals surface area contributed by atoms with E-state index in [9.17, 15) is 4.79 Å². The third-order valence-corrected chi connectivity index (χ3v) is 4.09. The highest BCUT2D eigenvalue weighted by Gasteiger charge is 2.32. The molecule has 2 heterocycles. The minimum Gasteiger partial charge on any atom is -0.333 e. The van der Waals surface area contributed by atoms with Gasteiger partial charge in [0.25, 0.3) is 0 Å². The minimum atomic E-state index is 0.127. The summed E-state index contributed by atoms with van der Waals surface area (Å²) in [5, 5.41) is 0. The predicted octanol–water partition coefficient (Wildman–Crippen LogP) is 3.30. The van der Waals surface area contributed by atoms with Gasteiger partial charge in [0.1, 0.15) is 5.82 Å². The molecule has 0 bridgehead atoms. The van der Waals surface area contributed by atoms with Crippen LogP contribution in [-0.4, -0.2) is 26.9 Å². The zero-order valence-corrected chi connectivity index (χ0v) is 12.3. The van der Waals surface area contributed by atoms with Gasteiger partial charge in [0.15, 0.2) is 0 Å². The minimum absolute atomic E-state index is 0.127. The molecule has 1 fully saturated rings. The number of rotatable bonds is 2. The number of carbonyl (C=O) groups is 1. The third-order valence-electron chi connectivity index (χ3n) is 4.09. The second kappa shape index (κ2) is 4.93. The first-order valence-corrected chi connectivity index (χ1v) is 7.33. The lowest BCUT2D eigenvalue weighted by atomic mass is 10.2. The van der Waals surface area contributed by atoms with Crippen molar-refractivity contribution in [1.29, 1.82) is 0 Å². The van der Waals surface area contributed by atoms with Crippen LogP contribution in [0.4, 0.5) is 0 Å². The van der Waals surface area contributed by atoms with E-state index in [0.717, 1.165) is 36.2 Å². The second-order valence-electron chi connectivity index (χ2n) is 5.79. The van der Waals surface area contributed by atoms with Crippen molar-refractivity contribution < 1.29 is 4.79 Å². The molecule has 20 heavy (non-hydrogen) atoms. The quantitative estimate of drug-likeness (QED) is 0.840. The summed E-state index contributed by atoms with van der Waals surface area (Å²) in [5.74, 6) is 1.18. The number of carbonyl (C=O) groups excluding carboxylic acids is 1. The Morgan fingerprint density at radius 1 is 1.35 bits per heavy atom. The van der Waals surface area contributed by atoms with E-state index in [1.807, 2.05) is 23.1 Å². The number of likely N-dealkylation sites (tertiary alicyclic amines) is 1. The van der Waals surface area contributed by atoms with Gasteiger partial charge in [-0.15, -0.1) is 0 Å². The fourth-order valence-electron chi connectivity index (χ4n) is 3.25. The van der Waals surface area contributed by atoms with Crippen molar-refractivity contribution in [3.05, 3.63) is 30.1 Å². The molecule has 2 aromatic rings. The molecule has 1 atom stereocenters. The lowest BCUT2D eigenvalue weighted by molar-refractivity contribution is -0.129. The van der Waals surface area contributed by atoms with Gasteiger partial charge in [-0.1, -0.05) is 12.1 Å². The normalized spacial score (nSPS) is 19.2. The number of para-hydroxylation sites is 2. The Bertz CT molecular complexity index is 644. The van der Waals surface area contributed by atoms with Crippen LogP contribution in [0.3, 0.4) is 0 Å². The maximum atomic E-state index is 11.8. The summed E-state index contributed by atoms with van der Waals surface area (Å²) in [6, 6.07) is 8.68. The van der Waals surface area contributed by atoms with Gasteiger partial charge in [-0.3, -0.25) is 4.79 Å². The lowest BCUT2D eigenvalue weighted by Crippen LogP contribution is -2.30. The van der Waals surface area contributed by atoms with Crippen LogP contribution < -0.4 is 0 Å². The van der Waals surface area contributed by atoms with Crippen molar-refractivity contribution in [2.24, 2.45) is 0 Å². The van der Waals surface area contributed by atoms with E-state index < -0.39 is 0 Å². The Morgan fingerprint density at radius 3 is 2.80 bits per heavy atom. The number of hydrogen-bond donors (Lipinski definition) is 0. The molecule has 0 radical (unpaired) electrons. The highest BCUT2D eigenvalue weighted by Crippen LogP contribution is 2.34. The molecule has 4 heteroatoms. The number of fused-ring (bicyclic) bond motifs is 1. The molecule has 1 unspecified atom stereocenters. The zero-order chi connectivity index (χ0) is 14.3. The van der Waals surface area contributed by atoms with Gasteiger partial charge in [0.2, 0.25) is 5.91 Å². The van der Waals surface area contributed by atoms with Crippen LogP contribution >= 0.6 is 0 Å². The van der Waals surface area contributed by atoms with Gasteiger partial charge in [0, 0.05) is 19.5 Å². The molecule has 0 spiro atoms. The monoisotopic (exact) mass is 271 g/mol. The van der Waals surface area contributed by atoms with E-state index >= 15 is 0 Å². The Labute approximate surface area is 119 Å². The molecule has 1 aromatic carbocycles. The van der Waals surface area contributed by atoms with E-state index in [1.165, 1.54) is 0 Å². The number of amides is 1. The van der Waals surface area contributed by atoms with Crippen molar-refractivity contribution in [1.82, 2.24) is 14.5 Å². The van der Waals surface area contributed by atoms with Gasteiger partial charge >= 0.3 is 0 Å². The number of hydrogen-bond acceptors (Lipinski definition) is 2. The number of aromatic nitrogens is 2. The number of benzene rings is 1. The first-order valence-electron chi connectivity index (χ1n) is 7.33. The molecule has 3 rings (SSSR count). The number of imidazole rings is 1. The lowest BCUT2D eigenvalue weighted by Gasteiger charge is -2.25. The summed E-state index contributed by atoms with van der Waals surface area (Å²) < 4.78 is 2.28. The first-order chi connectivity index (χ1) is 9.59. The van der Waals surface area contributed by atoms with Crippen molar-refractivity contribution in [2.45, 2.75) is 45.7 Å². The number of nitrogens with zero attached hydrogens (tertiary/aromatic N) is 3. The van der Waals surface area contributed by atoms with Gasteiger partial charge in [-0.25, -0.2) is 4.98 Å². The maximum absolute atomic E-state index is 11.8. The topological polar surface area (TPSA) is 38.1 Å². The summed E-state index contributed by atoms with van der Waals surface area (Å²) in [6.45, 7) is 6.84. The van der Waals surface area contributed by atoms with E-state index in [-0.39, 0.29) is 11.9 Å². The molecule has 1 saturated heterocycles. The van der Waals surface area contributed by atoms with Gasteiger partial charge in [-0.2, -0.15) is 0 Å². The first kappa shape index (κ1) is 13.2. The Morgan fingerprint density at radius 2 is 2.10 bits per heavy atom. The smallest absolute Gasteiger partial charge is 0.220 e. The summed E-state index contributed by atoms with van der Waals surface area (Å²) in [4.78, 5) is 18.6. The summed E-state index contributed by atoms with van der Waals surface area (Å²) in [5.41, 5.74) is 2.18. The molecular weight excluding hydrogens is 250 g/mol. The fourth-order valence-corrected chi connectivity index (χ4v) is 3.25. The second-order valence-corrected chi connectivity index (χ2v) is 5.79. The predicted molar refractivity (Wildman–Crippen MR) is 79.5 cm³/mol. The molecule has 0 saturated carbocycles. The van der Waals surface area contributed by atoms with E-state index in [0.29, 0.717) is 6.04 Å². The van der Waals surface area contributed by atoms with Crippen LogP contribution in [0.1, 0.15) is 51.5 Å². The summed E-state index contributed by atoms with van der Waals surface area (Å²) >= 11 is 0. The summed E-state index contributed by atoms with van der Waals surface area (Å²) in [6.07, 6.45) is 2.07. The Kier molecular flexibility index (Phi) is 3.24. The Hall–Kier alpha value is -1.84. The largest absolute Gasteiger partial charge is 0.333 e. The molecule has 1 aliphatic rings. The molecule has 4 nitrogen and oxygen atoms in total. The molecule has 106 valence electrons. The molecule has 1 aromatic heterocycles. The van der Waals surface area contributed by atoms with Gasteiger partial charge < -0.3 is 9.47 Å². The Balaban J connectivity index is 2.15. The SMILES string of the molecule is CC(=O)N1CCCC1c1nc2ccccc2n1C(C)C. The van der Waals surface area contributed by atoms with Crippen LogP contribution in [0.5, 0.6) is 0 Å². The van der Waals surface area contributed by atoms with Crippen LogP contribution in [0.15, 0.2) is 24.3 Å². The van der Waals surface area contributed by atoms with E-state index in [4.69, 9.17) is 4.98 Å². The van der Waals surface area contributed by atoms with Crippen molar-refractivity contribution >= 4 is 16.9 Å². The molecule has 0 N–H and O–H groups in total. The molecule has 1 aliphatic heterocycles.